The Bertz CT molecular complexity index is 1170. The van der Waals surface area contributed by atoms with E-state index in [1.54, 1.807) is 12.1 Å². The normalized spacial score (nSPS) is 14.7. The van der Waals surface area contributed by atoms with E-state index in [1.165, 1.54) is 11.3 Å². The number of hydrogen-bond donors (Lipinski definition) is 0. The lowest BCUT2D eigenvalue weighted by atomic mass is 9.71. The van der Waals surface area contributed by atoms with Gasteiger partial charge in [-0.15, -0.1) is 9.20 Å². The fourth-order valence-electron chi connectivity index (χ4n) is 4.82. The number of pyridine rings is 1. The summed E-state index contributed by atoms with van der Waals surface area (Å²) in [6, 6.07) is 24.5. The van der Waals surface area contributed by atoms with E-state index in [0.717, 1.165) is 41.7 Å². The lowest BCUT2D eigenvalue weighted by Gasteiger charge is -2.33. The number of benzene rings is 2. The first-order chi connectivity index (χ1) is 13.7. The Morgan fingerprint density at radius 2 is 1.71 bits per heavy atom. The molecule has 0 fully saturated rings. The van der Waals surface area contributed by atoms with Crippen LogP contribution in [0.1, 0.15) is 32.3 Å². The number of hydrogen-bond acceptors (Lipinski definition) is 0. The van der Waals surface area contributed by atoms with E-state index in [2.05, 4.69) is 71.6 Å². The zero-order valence-corrected chi connectivity index (χ0v) is 16.3. The first kappa shape index (κ1) is 17.2. The third kappa shape index (κ3) is 2.35. The van der Waals surface area contributed by atoms with Gasteiger partial charge in [0.05, 0.1) is 11.0 Å². The predicted molar refractivity (Wildman–Crippen MR) is 111 cm³/mol. The van der Waals surface area contributed by atoms with E-state index < -0.39 is 0 Å². The van der Waals surface area contributed by atoms with Crippen molar-refractivity contribution in [1.82, 2.24) is 4.52 Å². The van der Waals surface area contributed by atoms with Gasteiger partial charge in [0, 0.05) is 11.6 Å². The van der Waals surface area contributed by atoms with E-state index >= 15 is 0 Å². The molecule has 0 radical (unpaired) electrons. The van der Waals surface area contributed by atoms with Crippen LogP contribution >= 0.6 is 0 Å². The van der Waals surface area contributed by atoms with Gasteiger partial charge in [-0.2, -0.15) is 0 Å². The Labute approximate surface area is 164 Å². The van der Waals surface area contributed by atoms with E-state index in [9.17, 15) is 4.39 Å². The van der Waals surface area contributed by atoms with Crippen molar-refractivity contribution in [2.24, 2.45) is 0 Å². The summed E-state index contributed by atoms with van der Waals surface area (Å²) in [5.74, 6) is -0.146. The van der Waals surface area contributed by atoms with Crippen LogP contribution in [0.5, 0.6) is 0 Å². The Morgan fingerprint density at radius 1 is 0.929 bits per heavy atom. The second kappa shape index (κ2) is 6.30. The zero-order valence-electron chi connectivity index (χ0n) is 16.3. The minimum atomic E-state index is -0.146. The summed E-state index contributed by atoms with van der Waals surface area (Å²) in [6.45, 7) is 5.29. The molecule has 0 bridgehead atoms. The molecule has 1 aliphatic rings. The van der Waals surface area contributed by atoms with Crippen molar-refractivity contribution < 1.29 is 9.07 Å². The molecule has 2 aromatic carbocycles. The molecule has 140 valence electrons. The van der Waals surface area contributed by atoms with Gasteiger partial charge in [0.2, 0.25) is 5.69 Å². The van der Waals surface area contributed by atoms with Gasteiger partial charge in [0.25, 0.3) is 0 Å². The highest BCUT2D eigenvalue weighted by atomic mass is 19.1. The highest BCUT2D eigenvalue weighted by molar-refractivity contribution is 5.71. The van der Waals surface area contributed by atoms with Crippen molar-refractivity contribution in [1.29, 1.82) is 0 Å². The number of fused-ring (bicyclic) bond motifs is 5. The lowest BCUT2D eigenvalue weighted by molar-refractivity contribution is -0.758. The van der Waals surface area contributed by atoms with Gasteiger partial charge in [-0.05, 0) is 48.7 Å². The quantitative estimate of drug-likeness (QED) is 0.404. The van der Waals surface area contributed by atoms with E-state index in [1.807, 2.05) is 12.1 Å². The molecular formula is C25H24FN2+. The smallest absolute Gasteiger partial charge is 0.207 e. The molecule has 0 atom stereocenters. The largest absolute Gasteiger partial charge is 0.240 e. The maximum Gasteiger partial charge on any atom is 0.240 e. The van der Waals surface area contributed by atoms with Crippen LogP contribution in [0.2, 0.25) is 0 Å². The number of aromatic nitrogens is 2. The monoisotopic (exact) mass is 371 g/mol. The highest BCUT2D eigenvalue weighted by Crippen LogP contribution is 2.42. The van der Waals surface area contributed by atoms with Crippen molar-refractivity contribution in [2.75, 3.05) is 0 Å². The molecule has 0 aliphatic carbocycles. The molecule has 28 heavy (non-hydrogen) atoms. The molecule has 0 amide bonds. The molecule has 0 unspecified atom stereocenters. The van der Waals surface area contributed by atoms with Crippen molar-refractivity contribution in [3.05, 3.63) is 84.2 Å². The second-order valence-electron chi connectivity index (χ2n) is 7.78. The molecule has 2 nitrogen and oxygen atoms in total. The van der Waals surface area contributed by atoms with Crippen LogP contribution in [0, 0.1) is 5.82 Å². The standard InChI is InChI=1S/C25H24FN2/c1-3-25(4-2)17-27-24(21-14-13-19(26)15-22(21)25)16-20-11-8-12-23(28(20)27)18-9-6-5-7-10-18/h5-16H,3-4,17H2,1-2H3/q+1. The van der Waals surface area contributed by atoms with E-state index in [4.69, 9.17) is 0 Å². The Morgan fingerprint density at radius 3 is 2.46 bits per heavy atom. The van der Waals surface area contributed by atoms with Crippen LogP contribution in [0.4, 0.5) is 4.39 Å². The number of rotatable bonds is 3. The van der Waals surface area contributed by atoms with Gasteiger partial charge >= 0.3 is 0 Å². The summed E-state index contributed by atoms with van der Waals surface area (Å²) < 4.78 is 18.9. The molecule has 1 aliphatic heterocycles. The van der Waals surface area contributed by atoms with E-state index in [-0.39, 0.29) is 11.2 Å². The van der Waals surface area contributed by atoms with Crippen molar-refractivity contribution in [3.63, 3.8) is 0 Å². The molecule has 5 rings (SSSR count). The molecule has 0 saturated heterocycles. The summed E-state index contributed by atoms with van der Waals surface area (Å²) in [4.78, 5) is 0. The SMILES string of the molecule is CCC1(CC)C[n+]2c(cc3cccc(-c4ccccc4)n32)-c2ccc(F)cc21. The fourth-order valence-corrected chi connectivity index (χ4v) is 4.82. The minimum absolute atomic E-state index is 0.0623. The van der Waals surface area contributed by atoms with Gasteiger partial charge in [0.1, 0.15) is 17.0 Å². The summed E-state index contributed by atoms with van der Waals surface area (Å²) in [5, 5.41) is 0. The van der Waals surface area contributed by atoms with Crippen molar-refractivity contribution in [2.45, 2.75) is 38.6 Å². The van der Waals surface area contributed by atoms with Crippen LogP contribution in [0.25, 0.3) is 28.0 Å². The third-order valence-electron chi connectivity index (χ3n) is 6.50. The molecule has 3 heteroatoms. The number of halogens is 1. The van der Waals surface area contributed by atoms with Crippen molar-refractivity contribution >= 4 is 5.52 Å². The Hall–Kier alpha value is -2.94. The molecule has 0 saturated carbocycles. The molecule has 0 N–H and O–H groups in total. The average molecular weight is 371 g/mol. The van der Waals surface area contributed by atoms with Crippen molar-refractivity contribution in [3.8, 4) is 22.5 Å². The molecule has 2 aromatic heterocycles. The van der Waals surface area contributed by atoms with Gasteiger partial charge in [-0.3, -0.25) is 0 Å². The van der Waals surface area contributed by atoms with Crippen LogP contribution in [-0.4, -0.2) is 4.52 Å². The van der Waals surface area contributed by atoms with Gasteiger partial charge in [-0.1, -0.05) is 50.2 Å². The highest BCUT2D eigenvalue weighted by Gasteiger charge is 2.44. The van der Waals surface area contributed by atoms with Gasteiger partial charge < -0.3 is 0 Å². The maximum absolute atomic E-state index is 14.2. The molecule has 3 heterocycles. The molecular weight excluding hydrogens is 347 g/mol. The molecule has 4 aromatic rings. The average Bonchev–Trinajstić information content (AvgIpc) is 3.12. The first-order valence-corrected chi connectivity index (χ1v) is 10.1. The van der Waals surface area contributed by atoms with E-state index in [0.29, 0.717) is 0 Å². The minimum Gasteiger partial charge on any atom is -0.207 e. The summed E-state index contributed by atoms with van der Waals surface area (Å²) in [5.41, 5.74) is 6.94. The van der Waals surface area contributed by atoms with Crippen LogP contribution in [-0.2, 0) is 12.0 Å². The van der Waals surface area contributed by atoms with Gasteiger partial charge in [-0.25, -0.2) is 4.39 Å². The number of nitrogens with zero attached hydrogens (tertiary/aromatic N) is 2. The Balaban J connectivity index is 1.86. The summed E-state index contributed by atoms with van der Waals surface area (Å²) in [6.07, 6.45) is 1.96. The van der Waals surface area contributed by atoms with Crippen LogP contribution in [0.15, 0.2) is 72.8 Å². The summed E-state index contributed by atoms with van der Waals surface area (Å²) in [7, 11) is 0. The summed E-state index contributed by atoms with van der Waals surface area (Å²) >= 11 is 0. The first-order valence-electron chi connectivity index (χ1n) is 10.1. The van der Waals surface area contributed by atoms with Gasteiger partial charge in [0.15, 0.2) is 6.54 Å². The lowest BCUT2D eigenvalue weighted by Crippen LogP contribution is -2.53. The third-order valence-corrected chi connectivity index (χ3v) is 6.50. The fraction of sp³-hybridized carbons (Fsp3) is 0.240. The predicted octanol–water partition coefficient (Wildman–Crippen LogP) is 5.77. The Kier molecular flexibility index (Phi) is 3.87. The maximum atomic E-state index is 14.2. The second-order valence-corrected chi connectivity index (χ2v) is 7.78. The van der Waals surface area contributed by atoms with Crippen LogP contribution < -0.4 is 4.68 Å². The van der Waals surface area contributed by atoms with Crippen LogP contribution in [0.3, 0.4) is 0 Å². The zero-order chi connectivity index (χ0) is 19.3. The molecule has 0 spiro atoms. The topological polar surface area (TPSA) is 8.29 Å².